The molecule has 7 nitrogen and oxygen atoms in total. The van der Waals surface area contributed by atoms with Crippen LogP contribution in [-0.4, -0.2) is 34.4 Å². The van der Waals surface area contributed by atoms with Crippen LogP contribution in [0.3, 0.4) is 0 Å². The molecule has 1 aliphatic rings. The predicted molar refractivity (Wildman–Crippen MR) is 63.2 cm³/mol. The first-order valence-corrected chi connectivity index (χ1v) is 6.16. The lowest BCUT2D eigenvalue weighted by atomic mass is 10.1. The van der Waals surface area contributed by atoms with Crippen molar-refractivity contribution in [2.24, 2.45) is 5.92 Å². The summed E-state index contributed by atoms with van der Waals surface area (Å²) in [4.78, 5) is 37.2. The normalized spacial score (nSPS) is 18.4. The van der Waals surface area contributed by atoms with Crippen molar-refractivity contribution in [2.75, 3.05) is 11.9 Å². The monoisotopic (exact) mass is 269 g/mol. The molecule has 1 fully saturated rings. The highest BCUT2D eigenvalue weighted by atomic mass is 32.1. The Balaban J connectivity index is 1.93. The van der Waals surface area contributed by atoms with Gasteiger partial charge in [0.25, 0.3) is 0 Å². The van der Waals surface area contributed by atoms with E-state index in [1.807, 2.05) is 0 Å². The van der Waals surface area contributed by atoms with E-state index in [1.54, 1.807) is 5.38 Å². The first-order valence-electron chi connectivity index (χ1n) is 5.28. The molecule has 2 rings (SSSR count). The fourth-order valence-corrected chi connectivity index (χ4v) is 2.31. The molecule has 0 aromatic carbocycles. The standard InChI is InChI=1S/C10H11N3O4S/c14-7-1-5(3-11-7)9(17)13-10-12-6(4-18-10)2-8(15)16/h4-5H,1-3H2,(H,11,14)(H,15,16)(H,12,13,17). The molecule has 0 bridgehead atoms. The zero-order valence-corrected chi connectivity index (χ0v) is 10.1. The van der Waals surface area contributed by atoms with E-state index in [-0.39, 0.29) is 30.6 Å². The van der Waals surface area contributed by atoms with Crippen LogP contribution >= 0.6 is 11.3 Å². The summed E-state index contributed by atoms with van der Waals surface area (Å²) in [6.07, 6.45) is 0.00896. The Bertz CT molecular complexity index is 499. The van der Waals surface area contributed by atoms with Crippen molar-refractivity contribution in [3.63, 3.8) is 0 Å². The van der Waals surface area contributed by atoms with Gasteiger partial charge in [0.2, 0.25) is 11.8 Å². The number of thiazole rings is 1. The van der Waals surface area contributed by atoms with Gasteiger partial charge in [-0.05, 0) is 0 Å². The Morgan fingerprint density at radius 1 is 1.61 bits per heavy atom. The molecule has 1 aliphatic heterocycles. The van der Waals surface area contributed by atoms with Gasteiger partial charge in [-0.2, -0.15) is 0 Å². The average Bonchev–Trinajstić information content (AvgIpc) is 2.87. The third kappa shape index (κ3) is 3.04. The number of carboxylic acid groups (broad SMARTS) is 1. The van der Waals surface area contributed by atoms with Crippen molar-refractivity contribution < 1.29 is 19.5 Å². The molecule has 2 heterocycles. The number of aromatic nitrogens is 1. The highest BCUT2D eigenvalue weighted by Gasteiger charge is 2.28. The number of amides is 2. The van der Waals surface area contributed by atoms with E-state index in [0.717, 1.165) is 0 Å². The van der Waals surface area contributed by atoms with Crippen molar-refractivity contribution in [3.05, 3.63) is 11.1 Å². The van der Waals surface area contributed by atoms with E-state index in [0.29, 0.717) is 17.4 Å². The number of nitrogens with zero attached hydrogens (tertiary/aromatic N) is 1. The van der Waals surface area contributed by atoms with Gasteiger partial charge >= 0.3 is 5.97 Å². The molecule has 1 aromatic rings. The number of anilines is 1. The lowest BCUT2D eigenvalue weighted by Gasteiger charge is -2.05. The van der Waals surface area contributed by atoms with E-state index in [4.69, 9.17) is 5.11 Å². The summed E-state index contributed by atoms with van der Waals surface area (Å²) in [5.74, 6) is -1.77. The van der Waals surface area contributed by atoms with Crippen molar-refractivity contribution >= 4 is 34.3 Å². The van der Waals surface area contributed by atoms with Crippen LogP contribution in [0.15, 0.2) is 5.38 Å². The van der Waals surface area contributed by atoms with Gasteiger partial charge in [0, 0.05) is 18.3 Å². The fraction of sp³-hybridized carbons (Fsp3) is 0.400. The van der Waals surface area contributed by atoms with Gasteiger partial charge in [0.15, 0.2) is 5.13 Å². The highest BCUT2D eigenvalue weighted by Crippen LogP contribution is 2.18. The van der Waals surface area contributed by atoms with Crippen LogP contribution in [0.1, 0.15) is 12.1 Å². The smallest absolute Gasteiger partial charge is 0.309 e. The molecule has 8 heteroatoms. The molecule has 1 saturated heterocycles. The number of aliphatic carboxylic acids is 1. The molecule has 1 aromatic heterocycles. The maximum atomic E-state index is 11.7. The number of carbonyl (C=O) groups is 3. The summed E-state index contributed by atoms with van der Waals surface area (Å²) in [5, 5.41) is 15.7. The van der Waals surface area contributed by atoms with Crippen molar-refractivity contribution in [1.82, 2.24) is 10.3 Å². The van der Waals surface area contributed by atoms with Gasteiger partial charge in [0.1, 0.15) is 0 Å². The van der Waals surface area contributed by atoms with E-state index in [9.17, 15) is 14.4 Å². The Hall–Kier alpha value is -1.96. The van der Waals surface area contributed by atoms with Crippen molar-refractivity contribution in [2.45, 2.75) is 12.8 Å². The second-order valence-electron chi connectivity index (χ2n) is 3.91. The van der Waals surface area contributed by atoms with Crippen LogP contribution in [0.25, 0.3) is 0 Å². The summed E-state index contributed by atoms with van der Waals surface area (Å²) >= 11 is 1.17. The average molecular weight is 269 g/mol. The van der Waals surface area contributed by atoms with Gasteiger partial charge < -0.3 is 15.7 Å². The van der Waals surface area contributed by atoms with E-state index >= 15 is 0 Å². The van der Waals surface area contributed by atoms with Crippen LogP contribution in [-0.2, 0) is 20.8 Å². The minimum atomic E-state index is -0.969. The molecule has 1 atom stereocenters. The number of carboxylic acids is 1. The van der Waals surface area contributed by atoms with E-state index in [2.05, 4.69) is 15.6 Å². The molecular weight excluding hydrogens is 258 g/mol. The van der Waals surface area contributed by atoms with E-state index < -0.39 is 5.97 Å². The fourth-order valence-electron chi connectivity index (χ4n) is 1.60. The number of hydrogen-bond donors (Lipinski definition) is 3. The second-order valence-corrected chi connectivity index (χ2v) is 4.77. The Morgan fingerprint density at radius 2 is 2.39 bits per heavy atom. The van der Waals surface area contributed by atoms with Gasteiger partial charge in [-0.25, -0.2) is 4.98 Å². The Labute approximate surface area is 106 Å². The van der Waals surface area contributed by atoms with E-state index in [1.165, 1.54) is 11.3 Å². The molecule has 0 aliphatic carbocycles. The summed E-state index contributed by atoms with van der Waals surface area (Å²) in [6, 6.07) is 0. The number of carbonyl (C=O) groups excluding carboxylic acids is 2. The maximum Gasteiger partial charge on any atom is 0.309 e. The molecule has 18 heavy (non-hydrogen) atoms. The topological polar surface area (TPSA) is 108 Å². The molecule has 0 saturated carbocycles. The second kappa shape index (κ2) is 5.13. The first kappa shape index (κ1) is 12.5. The number of rotatable bonds is 4. The minimum absolute atomic E-state index is 0.138. The molecule has 0 radical (unpaired) electrons. The third-order valence-electron chi connectivity index (χ3n) is 2.46. The zero-order valence-electron chi connectivity index (χ0n) is 9.30. The van der Waals surface area contributed by atoms with Crippen LogP contribution < -0.4 is 10.6 Å². The third-order valence-corrected chi connectivity index (χ3v) is 3.27. The van der Waals surface area contributed by atoms with Crippen LogP contribution in [0.4, 0.5) is 5.13 Å². The molecule has 1 unspecified atom stereocenters. The lowest BCUT2D eigenvalue weighted by molar-refractivity contribution is -0.136. The highest BCUT2D eigenvalue weighted by molar-refractivity contribution is 7.13. The summed E-state index contributed by atoms with van der Waals surface area (Å²) in [5.41, 5.74) is 0.406. The Kier molecular flexibility index (Phi) is 3.56. The SMILES string of the molecule is O=C(O)Cc1csc(NC(=O)C2CNC(=O)C2)n1. The molecule has 2 amide bonds. The summed E-state index contributed by atoms with van der Waals surface area (Å²) in [6.45, 7) is 0.331. The van der Waals surface area contributed by atoms with Crippen LogP contribution in [0.2, 0.25) is 0 Å². The molecule has 96 valence electrons. The number of hydrogen-bond acceptors (Lipinski definition) is 5. The zero-order chi connectivity index (χ0) is 13.1. The van der Waals surface area contributed by atoms with Crippen molar-refractivity contribution in [1.29, 1.82) is 0 Å². The lowest BCUT2D eigenvalue weighted by Crippen LogP contribution is -2.24. The molecular formula is C10H11N3O4S. The largest absolute Gasteiger partial charge is 0.481 e. The molecule has 0 spiro atoms. The molecule has 3 N–H and O–H groups in total. The minimum Gasteiger partial charge on any atom is -0.481 e. The quantitative estimate of drug-likeness (QED) is 0.704. The predicted octanol–water partition coefficient (Wildman–Crippen LogP) is -0.155. The summed E-state index contributed by atoms with van der Waals surface area (Å²) in [7, 11) is 0. The van der Waals surface area contributed by atoms with Crippen molar-refractivity contribution in [3.8, 4) is 0 Å². The maximum absolute atomic E-state index is 11.7. The van der Waals surface area contributed by atoms with Gasteiger partial charge in [-0.1, -0.05) is 0 Å². The van der Waals surface area contributed by atoms with Crippen LogP contribution in [0.5, 0.6) is 0 Å². The summed E-state index contributed by atoms with van der Waals surface area (Å²) < 4.78 is 0. The number of nitrogens with one attached hydrogen (secondary N) is 2. The van der Waals surface area contributed by atoms with Gasteiger partial charge in [0.05, 0.1) is 18.0 Å². The van der Waals surface area contributed by atoms with Crippen LogP contribution in [0, 0.1) is 5.92 Å². The Morgan fingerprint density at radius 3 is 3.00 bits per heavy atom. The van der Waals surface area contributed by atoms with Gasteiger partial charge in [-0.15, -0.1) is 11.3 Å². The van der Waals surface area contributed by atoms with Gasteiger partial charge in [-0.3, -0.25) is 14.4 Å². The first-order chi connectivity index (χ1) is 8.54.